The van der Waals surface area contributed by atoms with Gasteiger partial charge in [-0.05, 0) is 25.7 Å². The lowest BCUT2D eigenvalue weighted by Crippen LogP contribution is -2.34. The van der Waals surface area contributed by atoms with E-state index in [-0.39, 0.29) is 0 Å². The van der Waals surface area contributed by atoms with E-state index in [1.165, 1.54) is 19.3 Å². The summed E-state index contributed by atoms with van der Waals surface area (Å²) >= 11 is 0. The average molecular weight is 184 g/mol. The summed E-state index contributed by atoms with van der Waals surface area (Å²) in [7, 11) is 0. The molecule has 2 saturated carbocycles. The Morgan fingerprint density at radius 2 is 1.54 bits per heavy atom. The van der Waals surface area contributed by atoms with Gasteiger partial charge in [0.1, 0.15) is 0 Å². The van der Waals surface area contributed by atoms with Gasteiger partial charge in [-0.25, -0.2) is 0 Å². The van der Waals surface area contributed by atoms with Crippen LogP contribution in [0.15, 0.2) is 0 Å². The minimum atomic E-state index is -0.748. The van der Waals surface area contributed by atoms with Gasteiger partial charge in [0.05, 0.1) is 6.10 Å². The third-order valence-corrected chi connectivity index (χ3v) is 3.32. The summed E-state index contributed by atoms with van der Waals surface area (Å²) < 4.78 is 5.80. The van der Waals surface area contributed by atoms with Gasteiger partial charge in [0.2, 0.25) is 0 Å². The Kier molecular flexibility index (Phi) is 2.89. The fourth-order valence-electron chi connectivity index (χ4n) is 2.54. The molecule has 0 spiro atoms. The van der Waals surface area contributed by atoms with Crippen molar-refractivity contribution in [1.29, 1.82) is 0 Å². The standard InChI is InChI=1S/C11H20O2/c12-11(8-4-5-9-11)13-10-6-2-1-3-7-10/h10,12H,1-9H2. The van der Waals surface area contributed by atoms with Crippen LogP contribution in [-0.4, -0.2) is 17.0 Å². The Morgan fingerprint density at radius 1 is 0.923 bits per heavy atom. The van der Waals surface area contributed by atoms with Crippen LogP contribution >= 0.6 is 0 Å². The molecule has 0 aromatic rings. The molecule has 0 radical (unpaired) electrons. The van der Waals surface area contributed by atoms with Crippen molar-refractivity contribution in [3.63, 3.8) is 0 Å². The molecule has 2 fully saturated rings. The van der Waals surface area contributed by atoms with Crippen molar-refractivity contribution < 1.29 is 9.84 Å². The van der Waals surface area contributed by atoms with Gasteiger partial charge in [-0.15, -0.1) is 0 Å². The molecule has 2 nitrogen and oxygen atoms in total. The molecular weight excluding hydrogens is 164 g/mol. The van der Waals surface area contributed by atoms with Gasteiger partial charge in [0.15, 0.2) is 5.79 Å². The predicted octanol–water partition coefficient (Wildman–Crippen LogP) is 2.60. The molecule has 0 amide bonds. The molecule has 2 rings (SSSR count). The first-order valence-corrected chi connectivity index (χ1v) is 5.69. The van der Waals surface area contributed by atoms with E-state index in [0.717, 1.165) is 38.5 Å². The first-order chi connectivity index (χ1) is 6.29. The summed E-state index contributed by atoms with van der Waals surface area (Å²) in [5.74, 6) is -0.748. The number of hydrogen-bond acceptors (Lipinski definition) is 2. The van der Waals surface area contributed by atoms with Gasteiger partial charge in [-0.1, -0.05) is 19.3 Å². The molecule has 0 aliphatic heterocycles. The molecule has 2 aliphatic rings. The number of rotatable bonds is 2. The zero-order chi connectivity index (χ0) is 9.15. The van der Waals surface area contributed by atoms with Crippen molar-refractivity contribution in [2.75, 3.05) is 0 Å². The molecule has 2 aliphatic carbocycles. The molecule has 0 unspecified atom stereocenters. The van der Waals surface area contributed by atoms with Gasteiger partial charge in [-0.3, -0.25) is 0 Å². The monoisotopic (exact) mass is 184 g/mol. The summed E-state index contributed by atoms with van der Waals surface area (Å²) in [6.07, 6.45) is 10.5. The maximum atomic E-state index is 10.0. The van der Waals surface area contributed by atoms with Crippen LogP contribution in [0.2, 0.25) is 0 Å². The molecule has 0 aromatic carbocycles. The molecule has 0 heterocycles. The first-order valence-electron chi connectivity index (χ1n) is 5.69. The summed E-state index contributed by atoms with van der Waals surface area (Å²) in [4.78, 5) is 0. The van der Waals surface area contributed by atoms with E-state index in [4.69, 9.17) is 4.74 Å². The largest absolute Gasteiger partial charge is 0.365 e. The average Bonchev–Trinajstić information content (AvgIpc) is 2.54. The lowest BCUT2D eigenvalue weighted by Gasteiger charge is -2.31. The van der Waals surface area contributed by atoms with Gasteiger partial charge in [-0.2, -0.15) is 0 Å². The third kappa shape index (κ3) is 2.44. The second-order valence-corrected chi connectivity index (χ2v) is 4.53. The van der Waals surface area contributed by atoms with Crippen LogP contribution in [0.3, 0.4) is 0 Å². The van der Waals surface area contributed by atoms with Crippen LogP contribution in [0.5, 0.6) is 0 Å². The Morgan fingerprint density at radius 3 is 2.15 bits per heavy atom. The third-order valence-electron chi connectivity index (χ3n) is 3.32. The van der Waals surface area contributed by atoms with Crippen molar-refractivity contribution in [3.8, 4) is 0 Å². The van der Waals surface area contributed by atoms with E-state index in [1.807, 2.05) is 0 Å². The second-order valence-electron chi connectivity index (χ2n) is 4.53. The van der Waals surface area contributed by atoms with Crippen LogP contribution in [0, 0.1) is 0 Å². The smallest absolute Gasteiger partial charge is 0.165 e. The molecule has 0 bridgehead atoms. The summed E-state index contributed by atoms with van der Waals surface area (Å²) in [5.41, 5.74) is 0. The van der Waals surface area contributed by atoms with Crippen LogP contribution in [0.1, 0.15) is 57.8 Å². The lowest BCUT2D eigenvalue weighted by molar-refractivity contribution is -0.229. The van der Waals surface area contributed by atoms with Crippen molar-refractivity contribution in [3.05, 3.63) is 0 Å². The first kappa shape index (κ1) is 9.47. The van der Waals surface area contributed by atoms with E-state index < -0.39 is 5.79 Å². The Labute approximate surface area is 80.3 Å². The van der Waals surface area contributed by atoms with Crippen LogP contribution in [-0.2, 0) is 4.74 Å². The zero-order valence-corrected chi connectivity index (χ0v) is 8.30. The van der Waals surface area contributed by atoms with Crippen LogP contribution < -0.4 is 0 Å². The summed E-state index contributed by atoms with van der Waals surface area (Å²) in [5, 5.41) is 10.0. The Hall–Kier alpha value is -0.0800. The predicted molar refractivity (Wildman–Crippen MR) is 51.4 cm³/mol. The van der Waals surface area contributed by atoms with Gasteiger partial charge >= 0.3 is 0 Å². The number of aliphatic hydroxyl groups is 1. The molecule has 0 atom stereocenters. The van der Waals surface area contributed by atoms with Crippen molar-refractivity contribution in [2.45, 2.75) is 69.7 Å². The SMILES string of the molecule is OC1(OC2CCCCC2)CCCC1. The summed E-state index contributed by atoms with van der Waals surface area (Å²) in [6.45, 7) is 0. The Bertz CT molecular complexity index is 155. The summed E-state index contributed by atoms with van der Waals surface area (Å²) in [6, 6.07) is 0. The van der Waals surface area contributed by atoms with E-state index in [9.17, 15) is 5.11 Å². The maximum Gasteiger partial charge on any atom is 0.165 e. The highest BCUT2D eigenvalue weighted by molar-refractivity contribution is 4.78. The van der Waals surface area contributed by atoms with E-state index >= 15 is 0 Å². The van der Waals surface area contributed by atoms with Gasteiger partial charge < -0.3 is 9.84 Å². The molecule has 0 aromatic heterocycles. The van der Waals surface area contributed by atoms with E-state index in [0.29, 0.717) is 6.10 Å². The molecule has 13 heavy (non-hydrogen) atoms. The quantitative estimate of drug-likeness (QED) is 0.668. The minimum absolute atomic E-state index is 0.344. The Balaban J connectivity index is 1.81. The van der Waals surface area contributed by atoms with Crippen LogP contribution in [0.25, 0.3) is 0 Å². The minimum Gasteiger partial charge on any atom is -0.365 e. The molecule has 1 N–H and O–H groups in total. The van der Waals surface area contributed by atoms with Gasteiger partial charge in [0, 0.05) is 12.8 Å². The maximum absolute atomic E-state index is 10.0. The van der Waals surface area contributed by atoms with Crippen molar-refractivity contribution in [1.82, 2.24) is 0 Å². The molecular formula is C11H20O2. The fourth-order valence-corrected chi connectivity index (χ4v) is 2.54. The van der Waals surface area contributed by atoms with Crippen LogP contribution in [0.4, 0.5) is 0 Å². The fraction of sp³-hybridized carbons (Fsp3) is 1.00. The normalized spacial score (nSPS) is 29.3. The van der Waals surface area contributed by atoms with E-state index in [2.05, 4.69) is 0 Å². The van der Waals surface area contributed by atoms with Crippen molar-refractivity contribution >= 4 is 0 Å². The highest BCUT2D eigenvalue weighted by Crippen LogP contribution is 2.34. The highest BCUT2D eigenvalue weighted by Gasteiger charge is 2.34. The lowest BCUT2D eigenvalue weighted by atomic mass is 9.97. The molecule has 0 saturated heterocycles. The van der Waals surface area contributed by atoms with Crippen molar-refractivity contribution in [2.24, 2.45) is 0 Å². The zero-order valence-electron chi connectivity index (χ0n) is 8.30. The molecule has 76 valence electrons. The second kappa shape index (κ2) is 3.97. The molecule has 2 heteroatoms. The topological polar surface area (TPSA) is 29.5 Å². The number of hydrogen-bond donors (Lipinski definition) is 1. The number of ether oxygens (including phenoxy) is 1. The highest BCUT2D eigenvalue weighted by atomic mass is 16.6. The van der Waals surface area contributed by atoms with E-state index in [1.54, 1.807) is 0 Å². The van der Waals surface area contributed by atoms with Gasteiger partial charge in [0.25, 0.3) is 0 Å².